The van der Waals surface area contributed by atoms with E-state index in [0.717, 1.165) is 12.8 Å². The third-order valence-corrected chi connectivity index (χ3v) is 3.72. The Morgan fingerprint density at radius 3 is 2.48 bits per heavy atom. The van der Waals surface area contributed by atoms with Crippen molar-refractivity contribution in [1.29, 1.82) is 0 Å². The molecule has 21 heavy (non-hydrogen) atoms. The summed E-state index contributed by atoms with van der Waals surface area (Å²) in [6.45, 7) is -0.302. The van der Waals surface area contributed by atoms with Crippen molar-refractivity contribution in [2.45, 2.75) is 31.2 Å². The number of aliphatic hydroxyl groups excluding tert-OH is 1. The normalized spacial score (nSPS) is 16.7. The van der Waals surface area contributed by atoms with Gasteiger partial charge in [0.25, 0.3) is 5.91 Å². The molecule has 8 heteroatoms. The summed E-state index contributed by atoms with van der Waals surface area (Å²) in [6.07, 6.45) is 2.71. The molecule has 1 aromatic carbocycles. The molecular weight excluding hydrogens is 286 g/mol. The smallest absolute Gasteiger partial charge is 0.305 e. The number of benzene rings is 1. The zero-order valence-electron chi connectivity index (χ0n) is 11.1. The molecule has 1 amide bonds. The van der Waals surface area contributed by atoms with E-state index in [1.54, 1.807) is 0 Å². The Morgan fingerprint density at radius 1 is 1.33 bits per heavy atom. The Labute approximate surface area is 118 Å². The van der Waals surface area contributed by atoms with Crippen LogP contribution in [0.15, 0.2) is 12.1 Å². The first-order valence-corrected chi connectivity index (χ1v) is 6.45. The number of nitrogens with one attached hydrogen (secondary N) is 1. The van der Waals surface area contributed by atoms with Crippen LogP contribution in [0.1, 0.15) is 36.0 Å². The Hall–Kier alpha value is -2.09. The van der Waals surface area contributed by atoms with Crippen LogP contribution in [0.25, 0.3) is 0 Å². The average molecular weight is 300 g/mol. The number of hydrogen-bond acceptors (Lipinski definition) is 4. The molecule has 1 aromatic rings. The summed E-state index contributed by atoms with van der Waals surface area (Å²) in [5.41, 5.74) is -2.42. The highest BCUT2D eigenvalue weighted by molar-refractivity contribution is 5.95. The van der Waals surface area contributed by atoms with Gasteiger partial charge in [0.15, 0.2) is 0 Å². The van der Waals surface area contributed by atoms with Crippen LogP contribution < -0.4 is 5.32 Å². The molecule has 2 rings (SSSR count). The first-order chi connectivity index (χ1) is 9.88. The lowest BCUT2D eigenvalue weighted by molar-refractivity contribution is -0.387. The van der Waals surface area contributed by atoms with Crippen LogP contribution in [-0.2, 0) is 0 Å². The van der Waals surface area contributed by atoms with Gasteiger partial charge in [0, 0.05) is 12.1 Å². The van der Waals surface area contributed by atoms with E-state index in [4.69, 9.17) is 0 Å². The largest absolute Gasteiger partial charge is 0.394 e. The monoisotopic (exact) mass is 300 g/mol. The van der Waals surface area contributed by atoms with Crippen molar-refractivity contribution in [1.82, 2.24) is 5.32 Å². The number of nitro benzene ring substituents is 1. The molecule has 114 valence electrons. The molecule has 1 fully saturated rings. The lowest BCUT2D eigenvalue weighted by Gasteiger charge is -2.28. The number of amides is 1. The fraction of sp³-hybridized carbons (Fsp3) is 0.462. The summed E-state index contributed by atoms with van der Waals surface area (Å²) in [4.78, 5) is 21.7. The first-order valence-electron chi connectivity index (χ1n) is 6.45. The van der Waals surface area contributed by atoms with Gasteiger partial charge in [0.05, 0.1) is 22.6 Å². The minimum atomic E-state index is -1.34. The highest BCUT2D eigenvalue weighted by Gasteiger charge is 2.36. The second-order valence-electron chi connectivity index (χ2n) is 5.14. The standard InChI is InChI=1S/C13H14F2N2O4/c14-9-6-10(15)11(17(20)21)5-8(9)12(19)16-13(7-18)3-1-2-4-13/h5-6,18H,1-4,7H2,(H,16,19). The van der Waals surface area contributed by atoms with E-state index in [0.29, 0.717) is 25.0 Å². The predicted octanol–water partition coefficient (Wildman–Crippen LogP) is 1.91. The molecule has 1 aliphatic carbocycles. The second-order valence-corrected chi connectivity index (χ2v) is 5.14. The number of hydrogen-bond donors (Lipinski definition) is 2. The third-order valence-electron chi connectivity index (χ3n) is 3.72. The maximum Gasteiger partial charge on any atom is 0.305 e. The van der Waals surface area contributed by atoms with Gasteiger partial charge in [-0.15, -0.1) is 0 Å². The van der Waals surface area contributed by atoms with Crippen molar-refractivity contribution < 1.29 is 23.6 Å². The van der Waals surface area contributed by atoms with Crippen molar-refractivity contribution in [3.8, 4) is 0 Å². The summed E-state index contributed by atoms with van der Waals surface area (Å²) in [5.74, 6) is -3.42. The van der Waals surface area contributed by atoms with Crippen LogP contribution in [0, 0.1) is 21.7 Å². The summed E-state index contributed by atoms with van der Waals surface area (Å²) >= 11 is 0. The van der Waals surface area contributed by atoms with Gasteiger partial charge in [0.1, 0.15) is 5.82 Å². The SMILES string of the molecule is O=C(NC1(CO)CCCC1)c1cc([N+](=O)[O-])c(F)cc1F. The van der Waals surface area contributed by atoms with Crippen LogP contribution in [0.4, 0.5) is 14.5 Å². The summed E-state index contributed by atoms with van der Waals surface area (Å²) in [6, 6.07) is 0.882. The highest BCUT2D eigenvalue weighted by atomic mass is 19.1. The Kier molecular flexibility index (Phi) is 4.17. The van der Waals surface area contributed by atoms with E-state index in [1.165, 1.54) is 0 Å². The fourth-order valence-corrected chi connectivity index (χ4v) is 2.53. The summed E-state index contributed by atoms with van der Waals surface area (Å²) < 4.78 is 26.9. The first kappa shape index (κ1) is 15.3. The molecule has 2 N–H and O–H groups in total. The number of rotatable bonds is 4. The minimum Gasteiger partial charge on any atom is -0.394 e. The zero-order valence-corrected chi connectivity index (χ0v) is 11.1. The molecule has 0 atom stereocenters. The molecule has 0 bridgehead atoms. The maximum absolute atomic E-state index is 13.7. The lowest BCUT2D eigenvalue weighted by atomic mass is 9.98. The van der Waals surface area contributed by atoms with Crippen molar-refractivity contribution in [3.63, 3.8) is 0 Å². The average Bonchev–Trinajstić information content (AvgIpc) is 2.87. The van der Waals surface area contributed by atoms with E-state index >= 15 is 0 Å². The molecular formula is C13H14F2N2O4. The van der Waals surface area contributed by atoms with Crippen molar-refractivity contribution in [3.05, 3.63) is 39.4 Å². The minimum absolute atomic E-state index is 0.302. The summed E-state index contributed by atoms with van der Waals surface area (Å²) in [7, 11) is 0. The van der Waals surface area contributed by atoms with Gasteiger partial charge in [-0.2, -0.15) is 4.39 Å². The molecule has 0 spiro atoms. The number of nitro groups is 1. The molecule has 6 nitrogen and oxygen atoms in total. The van der Waals surface area contributed by atoms with Crippen molar-refractivity contribution >= 4 is 11.6 Å². The molecule has 0 radical (unpaired) electrons. The molecule has 0 aliphatic heterocycles. The second kappa shape index (κ2) is 5.72. The zero-order chi connectivity index (χ0) is 15.6. The van der Waals surface area contributed by atoms with Crippen LogP contribution in [0.2, 0.25) is 0 Å². The molecule has 1 aliphatic rings. The van der Waals surface area contributed by atoms with Gasteiger partial charge in [-0.3, -0.25) is 14.9 Å². The molecule has 0 unspecified atom stereocenters. The number of nitrogens with zero attached hydrogens (tertiary/aromatic N) is 1. The van der Waals surface area contributed by atoms with Crippen molar-refractivity contribution in [2.75, 3.05) is 6.61 Å². The maximum atomic E-state index is 13.7. The van der Waals surface area contributed by atoms with Gasteiger partial charge in [0.2, 0.25) is 5.82 Å². The summed E-state index contributed by atoms with van der Waals surface area (Å²) in [5, 5.41) is 22.5. The predicted molar refractivity (Wildman–Crippen MR) is 68.8 cm³/mol. The Morgan fingerprint density at radius 2 is 1.95 bits per heavy atom. The topological polar surface area (TPSA) is 92.5 Å². The van der Waals surface area contributed by atoms with Crippen LogP contribution in [-0.4, -0.2) is 28.1 Å². The molecule has 0 saturated heterocycles. The van der Waals surface area contributed by atoms with E-state index < -0.39 is 39.3 Å². The van der Waals surface area contributed by atoms with Crippen LogP contribution in [0.3, 0.4) is 0 Å². The lowest BCUT2D eigenvalue weighted by Crippen LogP contribution is -2.49. The van der Waals surface area contributed by atoms with Gasteiger partial charge in [-0.1, -0.05) is 12.8 Å². The van der Waals surface area contributed by atoms with Crippen LogP contribution in [0.5, 0.6) is 0 Å². The number of aliphatic hydroxyl groups is 1. The Bertz CT molecular complexity index is 586. The van der Waals surface area contributed by atoms with Gasteiger partial charge >= 0.3 is 5.69 Å². The van der Waals surface area contributed by atoms with Gasteiger partial charge in [-0.05, 0) is 12.8 Å². The fourth-order valence-electron chi connectivity index (χ4n) is 2.53. The van der Waals surface area contributed by atoms with E-state index in [1.807, 2.05) is 0 Å². The number of carbonyl (C=O) groups excluding carboxylic acids is 1. The number of carbonyl (C=O) groups is 1. The van der Waals surface area contributed by atoms with E-state index in [9.17, 15) is 28.8 Å². The molecule has 0 aromatic heterocycles. The van der Waals surface area contributed by atoms with Gasteiger partial charge in [-0.25, -0.2) is 4.39 Å². The molecule has 0 heterocycles. The van der Waals surface area contributed by atoms with Crippen molar-refractivity contribution in [2.24, 2.45) is 0 Å². The quantitative estimate of drug-likeness (QED) is 0.656. The highest BCUT2D eigenvalue weighted by Crippen LogP contribution is 2.30. The van der Waals surface area contributed by atoms with Gasteiger partial charge < -0.3 is 10.4 Å². The van der Waals surface area contributed by atoms with E-state index in [2.05, 4.69) is 5.32 Å². The Balaban J connectivity index is 2.30. The van der Waals surface area contributed by atoms with E-state index in [-0.39, 0.29) is 6.61 Å². The third kappa shape index (κ3) is 2.99. The molecule has 1 saturated carbocycles. The van der Waals surface area contributed by atoms with Crippen LogP contribution >= 0.6 is 0 Å². The number of halogens is 2.